The Bertz CT molecular complexity index is 1310. The van der Waals surface area contributed by atoms with Crippen molar-refractivity contribution >= 4 is 29.6 Å². The summed E-state index contributed by atoms with van der Waals surface area (Å²) < 4.78 is 5.72. The van der Waals surface area contributed by atoms with Crippen LogP contribution in [0.4, 0.5) is 15.3 Å². The van der Waals surface area contributed by atoms with Gasteiger partial charge in [0.25, 0.3) is 5.91 Å². The summed E-state index contributed by atoms with van der Waals surface area (Å²) in [6.45, 7) is 0.0826. The predicted molar refractivity (Wildman–Crippen MR) is 132 cm³/mol. The molecular formula is C27H29N5O5. The Morgan fingerprint density at radius 3 is 2.73 bits per heavy atom. The third kappa shape index (κ3) is 4.00. The monoisotopic (exact) mass is 503 g/mol. The second kappa shape index (κ2) is 8.86. The van der Waals surface area contributed by atoms with Crippen molar-refractivity contribution in [3.63, 3.8) is 0 Å². The number of rotatable bonds is 4. The quantitative estimate of drug-likeness (QED) is 0.662. The number of imide groups is 1. The molecule has 192 valence electrons. The number of nitrogens with zero attached hydrogens (tertiary/aromatic N) is 3. The average Bonchev–Trinajstić information content (AvgIpc) is 3.66. The predicted octanol–water partition coefficient (Wildman–Crippen LogP) is 2.71. The normalized spacial score (nSPS) is 24.4. The zero-order valence-corrected chi connectivity index (χ0v) is 20.7. The second-order valence-electron chi connectivity index (χ2n) is 10.3. The summed E-state index contributed by atoms with van der Waals surface area (Å²) in [4.78, 5) is 58.9. The molecule has 2 aromatic rings. The number of nitrogens with one attached hydrogen (secondary N) is 2. The van der Waals surface area contributed by atoms with Gasteiger partial charge in [-0.05, 0) is 72.9 Å². The first-order chi connectivity index (χ1) is 17.9. The minimum atomic E-state index is -1.43. The third-order valence-electron chi connectivity index (χ3n) is 8.08. The Hall–Kier alpha value is -3.95. The standard InChI is InChI=1S/C27H29N5O5/c1-28-25(35)30-20-5-6-21-18(12-20)8-10-27(21)24(34)32(26(36)37-27)15-23(33)31-14-19-13-29-11-9-16(19)4-7-22(31)17-2-3-17/h5-6,9,11-13,17,22H,2-4,7-8,10,14-15H2,1H3,(H2,28,30,35)/t22-,27-/m0/s1. The Morgan fingerprint density at radius 1 is 1.11 bits per heavy atom. The SMILES string of the molecule is CNC(=O)Nc1ccc2c(c1)CC[C@]21OC(=O)N(CC(=O)N2Cc3cnccc3CC[C@H]2C2CC2)C1=O. The van der Waals surface area contributed by atoms with Crippen molar-refractivity contribution in [1.82, 2.24) is 20.1 Å². The van der Waals surface area contributed by atoms with Crippen LogP contribution in [0.5, 0.6) is 0 Å². The Kier molecular flexibility index (Phi) is 5.62. The molecule has 2 fully saturated rings. The number of aromatic nitrogens is 1. The van der Waals surface area contributed by atoms with E-state index in [2.05, 4.69) is 15.6 Å². The van der Waals surface area contributed by atoms with Gasteiger partial charge in [-0.3, -0.25) is 14.6 Å². The van der Waals surface area contributed by atoms with Gasteiger partial charge in [0.15, 0.2) is 0 Å². The molecule has 1 spiro atoms. The fourth-order valence-corrected chi connectivity index (χ4v) is 6.00. The number of benzene rings is 1. The topological polar surface area (TPSA) is 121 Å². The number of anilines is 1. The highest BCUT2D eigenvalue weighted by atomic mass is 16.6. The molecule has 1 aromatic carbocycles. The summed E-state index contributed by atoms with van der Waals surface area (Å²) in [6.07, 6.45) is 7.51. The lowest BCUT2D eigenvalue weighted by Gasteiger charge is -2.31. The van der Waals surface area contributed by atoms with Crippen LogP contribution in [0, 0.1) is 5.92 Å². The lowest BCUT2D eigenvalue weighted by Crippen LogP contribution is -2.48. The molecule has 0 bridgehead atoms. The zero-order valence-electron chi connectivity index (χ0n) is 20.7. The van der Waals surface area contributed by atoms with Crippen molar-refractivity contribution in [3.8, 4) is 0 Å². The summed E-state index contributed by atoms with van der Waals surface area (Å²) in [5.41, 5.74) is 2.79. The fourth-order valence-electron chi connectivity index (χ4n) is 6.00. The number of ether oxygens (including phenoxy) is 1. The number of pyridine rings is 1. The summed E-state index contributed by atoms with van der Waals surface area (Å²) >= 11 is 0. The van der Waals surface area contributed by atoms with Crippen LogP contribution >= 0.6 is 0 Å². The van der Waals surface area contributed by atoms with Gasteiger partial charge < -0.3 is 20.3 Å². The third-order valence-corrected chi connectivity index (χ3v) is 8.08. The molecule has 37 heavy (non-hydrogen) atoms. The van der Waals surface area contributed by atoms with E-state index >= 15 is 0 Å². The van der Waals surface area contributed by atoms with Crippen LogP contribution in [0.25, 0.3) is 0 Å². The molecule has 6 rings (SSSR count). The van der Waals surface area contributed by atoms with Crippen LogP contribution in [0.15, 0.2) is 36.7 Å². The number of aryl methyl sites for hydroxylation is 2. The molecule has 2 atom stereocenters. The van der Waals surface area contributed by atoms with Crippen molar-refractivity contribution < 1.29 is 23.9 Å². The van der Waals surface area contributed by atoms with E-state index in [0.717, 1.165) is 41.7 Å². The maximum Gasteiger partial charge on any atom is 0.418 e. The van der Waals surface area contributed by atoms with Gasteiger partial charge in [-0.1, -0.05) is 6.07 Å². The molecule has 2 aliphatic heterocycles. The largest absolute Gasteiger partial charge is 0.427 e. The molecular weight excluding hydrogens is 474 g/mol. The summed E-state index contributed by atoms with van der Waals surface area (Å²) in [5.74, 6) is -0.297. The minimum Gasteiger partial charge on any atom is -0.427 e. The van der Waals surface area contributed by atoms with Crippen LogP contribution in [0.1, 0.15) is 47.9 Å². The molecule has 1 saturated carbocycles. The van der Waals surface area contributed by atoms with Gasteiger partial charge in [0.2, 0.25) is 11.5 Å². The Labute approximate surface area is 214 Å². The van der Waals surface area contributed by atoms with E-state index in [0.29, 0.717) is 36.6 Å². The number of carbonyl (C=O) groups is 4. The van der Waals surface area contributed by atoms with Crippen LogP contribution in [0.2, 0.25) is 0 Å². The van der Waals surface area contributed by atoms with Crippen molar-refractivity contribution in [2.75, 3.05) is 18.9 Å². The minimum absolute atomic E-state index is 0.0843. The molecule has 10 heteroatoms. The zero-order chi connectivity index (χ0) is 25.7. The van der Waals surface area contributed by atoms with Gasteiger partial charge in [-0.2, -0.15) is 0 Å². The average molecular weight is 504 g/mol. The molecule has 1 aromatic heterocycles. The summed E-state index contributed by atoms with van der Waals surface area (Å²) in [5, 5.41) is 5.21. The lowest BCUT2D eigenvalue weighted by molar-refractivity contribution is -0.143. The van der Waals surface area contributed by atoms with E-state index in [-0.39, 0.29) is 24.5 Å². The van der Waals surface area contributed by atoms with E-state index < -0.39 is 17.6 Å². The Balaban J connectivity index is 1.23. The van der Waals surface area contributed by atoms with Crippen molar-refractivity contribution in [2.24, 2.45) is 5.92 Å². The molecule has 3 heterocycles. The first-order valence-electron chi connectivity index (χ1n) is 12.8. The molecule has 2 N–H and O–H groups in total. The number of carbonyl (C=O) groups excluding carboxylic acids is 4. The van der Waals surface area contributed by atoms with Crippen molar-refractivity contribution in [3.05, 3.63) is 58.9 Å². The smallest absolute Gasteiger partial charge is 0.418 e. The van der Waals surface area contributed by atoms with Crippen LogP contribution in [-0.2, 0) is 39.3 Å². The van der Waals surface area contributed by atoms with E-state index in [1.54, 1.807) is 30.6 Å². The highest BCUT2D eigenvalue weighted by Gasteiger charge is 2.58. The number of amides is 5. The van der Waals surface area contributed by atoms with Gasteiger partial charge in [-0.15, -0.1) is 0 Å². The molecule has 1 saturated heterocycles. The van der Waals surface area contributed by atoms with Crippen molar-refractivity contribution in [1.29, 1.82) is 0 Å². The van der Waals surface area contributed by atoms with Crippen molar-refractivity contribution in [2.45, 2.75) is 56.7 Å². The fraction of sp³-hybridized carbons (Fsp3) is 0.444. The van der Waals surface area contributed by atoms with Gasteiger partial charge in [0.05, 0.1) is 0 Å². The van der Waals surface area contributed by atoms with Crippen LogP contribution in [0.3, 0.4) is 0 Å². The van der Waals surface area contributed by atoms with E-state index in [9.17, 15) is 19.2 Å². The van der Waals surface area contributed by atoms with Gasteiger partial charge in [0.1, 0.15) is 6.54 Å². The first-order valence-corrected chi connectivity index (χ1v) is 12.8. The van der Waals surface area contributed by atoms with Gasteiger partial charge >= 0.3 is 12.1 Å². The first kappa shape index (κ1) is 23.4. The second-order valence-corrected chi connectivity index (χ2v) is 10.3. The molecule has 10 nitrogen and oxygen atoms in total. The summed E-state index contributed by atoms with van der Waals surface area (Å²) in [7, 11) is 1.53. The Morgan fingerprint density at radius 2 is 1.95 bits per heavy atom. The van der Waals surface area contributed by atoms with E-state index in [1.807, 2.05) is 11.0 Å². The van der Waals surface area contributed by atoms with Crippen LogP contribution in [-0.4, -0.2) is 58.4 Å². The maximum absolute atomic E-state index is 13.6. The molecule has 0 radical (unpaired) electrons. The molecule has 0 unspecified atom stereocenters. The van der Waals surface area contributed by atoms with Crippen LogP contribution < -0.4 is 10.6 Å². The highest BCUT2D eigenvalue weighted by molar-refractivity contribution is 6.06. The van der Waals surface area contributed by atoms with Gasteiger partial charge in [0, 0.05) is 49.7 Å². The number of hydrogen-bond donors (Lipinski definition) is 2. The molecule has 2 aliphatic carbocycles. The van der Waals surface area contributed by atoms with Gasteiger partial charge in [-0.25, -0.2) is 14.5 Å². The van der Waals surface area contributed by atoms with E-state index in [4.69, 9.17) is 4.74 Å². The molecule has 4 aliphatic rings. The highest BCUT2D eigenvalue weighted by Crippen LogP contribution is 2.46. The lowest BCUT2D eigenvalue weighted by atomic mass is 9.94. The number of hydrogen-bond acceptors (Lipinski definition) is 6. The summed E-state index contributed by atoms with van der Waals surface area (Å²) in [6, 6.07) is 6.92. The molecule has 5 amide bonds. The maximum atomic E-state index is 13.6. The number of fused-ring (bicyclic) bond motifs is 3. The van der Waals surface area contributed by atoms with E-state index in [1.165, 1.54) is 12.6 Å². The number of urea groups is 1.